The molecule has 18 heavy (non-hydrogen) atoms. The van der Waals surface area contributed by atoms with Crippen molar-refractivity contribution in [2.75, 3.05) is 0 Å². The van der Waals surface area contributed by atoms with Crippen molar-refractivity contribution in [3.05, 3.63) is 47.6 Å². The van der Waals surface area contributed by atoms with Crippen LogP contribution in [-0.2, 0) is 15.6 Å². The van der Waals surface area contributed by atoms with Gasteiger partial charge in [-0.15, -0.1) is 0 Å². The molecule has 1 aromatic heterocycles. The molecule has 0 bridgehead atoms. The quantitative estimate of drug-likeness (QED) is 0.846. The van der Waals surface area contributed by atoms with Crippen LogP contribution in [0.4, 0.5) is 0 Å². The Hall–Kier alpha value is -1.69. The van der Waals surface area contributed by atoms with Crippen LogP contribution >= 0.6 is 0 Å². The van der Waals surface area contributed by atoms with Crippen molar-refractivity contribution in [1.29, 1.82) is 0 Å². The zero-order valence-corrected chi connectivity index (χ0v) is 11.0. The lowest BCUT2D eigenvalue weighted by Gasteiger charge is -2.08. The molecule has 0 aliphatic heterocycles. The van der Waals surface area contributed by atoms with Gasteiger partial charge in [-0.05, 0) is 19.4 Å². The van der Waals surface area contributed by atoms with Crippen molar-refractivity contribution in [3.63, 3.8) is 0 Å². The molecule has 1 aromatic carbocycles. The van der Waals surface area contributed by atoms with Crippen LogP contribution in [0.3, 0.4) is 0 Å². The van der Waals surface area contributed by atoms with E-state index < -0.39 is 15.1 Å². The summed E-state index contributed by atoms with van der Waals surface area (Å²) in [4.78, 5) is 3.96. The number of aryl methyl sites for hydroxylation is 1. The highest BCUT2D eigenvalue weighted by Gasteiger charge is 2.27. The van der Waals surface area contributed by atoms with Crippen LogP contribution in [0.2, 0.25) is 0 Å². The Bertz CT molecular complexity index is 620. The second kappa shape index (κ2) is 4.89. The molecular formula is C12H14N2O3S. The summed E-state index contributed by atoms with van der Waals surface area (Å²) < 4.78 is 29.3. The number of benzene rings is 1. The van der Waals surface area contributed by atoms with Gasteiger partial charge in [-0.3, -0.25) is 0 Å². The van der Waals surface area contributed by atoms with Gasteiger partial charge in [-0.25, -0.2) is 8.42 Å². The maximum atomic E-state index is 12.2. The Morgan fingerprint density at radius 2 is 1.94 bits per heavy atom. The summed E-state index contributed by atoms with van der Waals surface area (Å²) in [6, 6.07) is 9.03. The van der Waals surface area contributed by atoms with Crippen molar-refractivity contribution in [1.82, 2.24) is 10.1 Å². The largest absolute Gasteiger partial charge is 0.338 e. The molecule has 0 fully saturated rings. The van der Waals surface area contributed by atoms with Gasteiger partial charge in [0.25, 0.3) is 0 Å². The van der Waals surface area contributed by atoms with E-state index in [0.717, 1.165) is 5.56 Å². The summed E-state index contributed by atoms with van der Waals surface area (Å²) in [6.45, 7) is 3.22. The summed E-state index contributed by atoms with van der Waals surface area (Å²) in [7, 11) is -3.35. The number of sulfone groups is 1. The van der Waals surface area contributed by atoms with Gasteiger partial charge < -0.3 is 4.52 Å². The van der Waals surface area contributed by atoms with Crippen LogP contribution in [0, 0.1) is 6.92 Å². The summed E-state index contributed by atoms with van der Waals surface area (Å²) >= 11 is 0. The monoisotopic (exact) mass is 266 g/mol. The van der Waals surface area contributed by atoms with Crippen LogP contribution < -0.4 is 0 Å². The molecule has 1 heterocycles. The highest BCUT2D eigenvalue weighted by molar-refractivity contribution is 7.90. The summed E-state index contributed by atoms with van der Waals surface area (Å²) in [5.41, 5.74) is 0.751. The molecule has 2 rings (SSSR count). The first kappa shape index (κ1) is 12.8. The Morgan fingerprint density at radius 1 is 1.28 bits per heavy atom. The summed E-state index contributed by atoms with van der Waals surface area (Å²) in [5, 5.41) is 2.82. The molecule has 0 saturated carbocycles. The Kier molecular flexibility index (Phi) is 3.47. The fraction of sp³-hybridized carbons (Fsp3) is 0.333. The first-order chi connectivity index (χ1) is 8.49. The van der Waals surface area contributed by atoms with Crippen LogP contribution in [0.25, 0.3) is 0 Å². The van der Waals surface area contributed by atoms with Gasteiger partial charge in [0.1, 0.15) is 5.25 Å². The molecule has 1 atom stereocenters. The second-order valence-corrected chi connectivity index (χ2v) is 6.44. The van der Waals surface area contributed by atoms with Crippen LogP contribution in [-0.4, -0.2) is 18.6 Å². The molecule has 0 aliphatic rings. The van der Waals surface area contributed by atoms with Gasteiger partial charge in [0.05, 0.1) is 5.75 Å². The third kappa shape index (κ3) is 2.76. The zero-order valence-electron chi connectivity index (χ0n) is 10.2. The zero-order chi connectivity index (χ0) is 13.2. The Labute approximate surface area is 106 Å². The average molecular weight is 266 g/mol. The maximum absolute atomic E-state index is 12.2. The van der Waals surface area contributed by atoms with E-state index in [-0.39, 0.29) is 11.6 Å². The molecule has 5 nitrogen and oxygen atoms in total. The van der Waals surface area contributed by atoms with Crippen molar-refractivity contribution in [3.8, 4) is 0 Å². The molecular weight excluding hydrogens is 252 g/mol. The molecule has 96 valence electrons. The fourth-order valence-corrected chi connectivity index (χ4v) is 2.87. The lowest BCUT2D eigenvalue weighted by atomic mass is 10.2. The first-order valence-electron chi connectivity index (χ1n) is 5.55. The highest BCUT2D eigenvalue weighted by Crippen LogP contribution is 2.23. The highest BCUT2D eigenvalue weighted by atomic mass is 32.2. The van der Waals surface area contributed by atoms with Gasteiger partial charge in [0, 0.05) is 0 Å². The van der Waals surface area contributed by atoms with Crippen molar-refractivity contribution < 1.29 is 12.9 Å². The molecule has 6 heteroatoms. The molecule has 2 aromatic rings. The number of hydrogen-bond donors (Lipinski definition) is 0. The van der Waals surface area contributed by atoms with E-state index in [9.17, 15) is 8.42 Å². The number of aromatic nitrogens is 2. The predicted molar refractivity (Wildman–Crippen MR) is 66.5 cm³/mol. The molecule has 0 amide bonds. The lowest BCUT2D eigenvalue weighted by molar-refractivity contribution is 0.373. The Morgan fingerprint density at radius 3 is 2.50 bits per heavy atom. The average Bonchev–Trinajstić information content (AvgIpc) is 2.75. The third-order valence-corrected chi connectivity index (χ3v) is 4.66. The van der Waals surface area contributed by atoms with Crippen LogP contribution in [0.5, 0.6) is 0 Å². The number of rotatable bonds is 4. The van der Waals surface area contributed by atoms with Gasteiger partial charge in [-0.2, -0.15) is 4.98 Å². The van der Waals surface area contributed by atoms with Gasteiger partial charge in [0.2, 0.25) is 5.89 Å². The molecule has 0 unspecified atom stereocenters. The topological polar surface area (TPSA) is 73.1 Å². The SMILES string of the molecule is Cc1noc([C@@H](C)S(=O)(=O)Cc2ccccc2)n1. The third-order valence-electron chi connectivity index (χ3n) is 2.64. The molecule has 0 aliphatic carbocycles. The molecule has 0 radical (unpaired) electrons. The minimum atomic E-state index is -3.35. The van der Waals surface area contributed by atoms with Crippen LogP contribution in [0.1, 0.15) is 29.5 Å². The van der Waals surface area contributed by atoms with Gasteiger partial charge in [0.15, 0.2) is 15.7 Å². The minimum absolute atomic E-state index is 0.0313. The van der Waals surface area contributed by atoms with E-state index in [0.29, 0.717) is 5.82 Å². The summed E-state index contributed by atoms with van der Waals surface area (Å²) in [5.74, 6) is 0.548. The molecule has 0 saturated heterocycles. The molecule has 0 spiro atoms. The maximum Gasteiger partial charge on any atom is 0.244 e. The fourth-order valence-electron chi connectivity index (χ4n) is 1.56. The van der Waals surface area contributed by atoms with Gasteiger partial charge >= 0.3 is 0 Å². The van der Waals surface area contributed by atoms with E-state index in [1.54, 1.807) is 26.0 Å². The van der Waals surface area contributed by atoms with E-state index in [1.807, 2.05) is 18.2 Å². The Balaban J connectivity index is 2.21. The minimum Gasteiger partial charge on any atom is -0.338 e. The molecule has 0 N–H and O–H groups in total. The smallest absolute Gasteiger partial charge is 0.244 e. The van der Waals surface area contributed by atoms with Crippen molar-refractivity contribution >= 4 is 9.84 Å². The second-order valence-electron chi connectivity index (χ2n) is 4.11. The number of hydrogen-bond acceptors (Lipinski definition) is 5. The van der Waals surface area contributed by atoms with E-state index in [4.69, 9.17) is 4.52 Å². The first-order valence-corrected chi connectivity index (χ1v) is 7.26. The van der Waals surface area contributed by atoms with Crippen molar-refractivity contribution in [2.24, 2.45) is 0 Å². The van der Waals surface area contributed by atoms with E-state index in [2.05, 4.69) is 10.1 Å². The predicted octanol–water partition coefficient (Wildman–Crippen LogP) is 2.05. The van der Waals surface area contributed by atoms with Gasteiger partial charge in [-0.1, -0.05) is 35.5 Å². The van der Waals surface area contributed by atoms with E-state index >= 15 is 0 Å². The standard InChI is InChI=1S/C12H14N2O3S/c1-9(12-13-10(2)14-17-12)18(15,16)8-11-6-4-3-5-7-11/h3-7,9H,8H2,1-2H3/t9-/m1/s1. The summed E-state index contributed by atoms with van der Waals surface area (Å²) in [6.07, 6.45) is 0. The number of nitrogens with zero attached hydrogens (tertiary/aromatic N) is 2. The normalized spacial score (nSPS) is 13.4. The van der Waals surface area contributed by atoms with Crippen molar-refractivity contribution in [2.45, 2.75) is 24.9 Å². The lowest BCUT2D eigenvalue weighted by Crippen LogP contribution is -2.13. The van der Waals surface area contributed by atoms with Crippen LogP contribution in [0.15, 0.2) is 34.9 Å². The van der Waals surface area contributed by atoms with E-state index in [1.165, 1.54) is 0 Å².